The van der Waals surface area contributed by atoms with Gasteiger partial charge >= 0.3 is 5.97 Å². The van der Waals surface area contributed by atoms with Gasteiger partial charge < -0.3 is 15.2 Å². The molecule has 148 valence electrons. The van der Waals surface area contributed by atoms with Gasteiger partial charge in [-0.05, 0) is 46.8 Å². The van der Waals surface area contributed by atoms with E-state index in [0.717, 1.165) is 4.90 Å². The number of amides is 2. The van der Waals surface area contributed by atoms with Gasteiger partial charge in [0.15, 0.2) is 5.70 Å². The predicted molar refractivity (Wildman–Crippen MR) is 102 cm³/mol. The average Bonchev–Trinajstić information content (AvgIpc) is 2.74. The van der Waals surface area contributed by atoms with Crippen molar-refractivity contribution in [1.82, 2.24) is 10.2 Å². The molecule has 2 N–H and O–H groups in total. The van der Waals surface area contributed by atoms with Crippen molar-refractivity contribution in [2.24, 2.45) is 0 Å². The number of carbonyl (C=O) groups excluding carboxylic acids is 3. The molecule has 0 spiro atoms. The molecule has 1 heterocycles. The number of nitrogens with zero attached hydrogens (tertiary/aromatic N) is 1. The van der Waals surface area contributed by atoms with Crippen LogP contribution in [0.25, 0.3) is 0 Å². The van der Waals surface area contributed by atoms with Crippen LogP contribution in [0.5, 0.6) is 0 Å². The summed E-state index contributed by atoms with van der Waals surface area (Å²) < 4.78 is 5.33. The van der Waals surface area contributed by atoms with E-state index in [2.05, 4.69) is 5.32 Å². The van der Waals surface area contributed by atoms with E-state index in [1.165, 1.54) is 18.3 Å². The molecule has 27 heavy (non-hydrogen) atoms. The van der Waals surface area contributed by atoms with E-state index >= 15 is 0 Å². The molecule has 0 radical (unpaired) electrons. The highest BCUT2D eigenvalue weighted by atomic mass is 35.5. The molecule has 1 aliphatic rings. The minimum absolute atomic E-state index is 0. The Balaban J connectivity index is 0.00000364. The van der Waals surface area contributed by atoms with E-state index in [0.29, 0.717) is 0 Å². The number of imide groups is 1. The number of esters is 1. The molecular formula is C19H25ClN2O5. The Kier molecular flexibility index (Phi) is 6.80. The van der Waals surface area contributed by atoms with Crippen LogP contribution in [0.4, 0.5) is 0 Å². The van der Waals surface area contributed by atoms with Crippen LogP contribution in [0.1, 0.15) is 55.3 Å². The predicted octanol–water partition coefficient (Wildman–Crippen LogP) is 2.25. The number of benzene rings is 1. The molecular weight excluding hydrogens is 372 g/mol. The summed E-state index contributed by atoms with van der Waals surface area (Å²) in [5.74, 6) is -1.99. The Morgan fingerprint density at radius 3 is 2.00 bits per heavy atom. The summed E-state index contributed by atoms with van der Waals surface area (Å²) in [5, 5.41) is 12.6. The zero-order chi connectivity index (χ0) is 19.7. The topological polar surface area (TPSA) is 95.9 Å². The van der Waals surface area contributed by atoms with Gasteiger partial charge in [-0.3, -0.25) is 9.59 Å². The molecule has 0 aromatic heterocycles. The number of rotatable bonds is 5. The molecule has 0 aliphatic carbocycles. The number of ether oxygens (including phenoxy) is 1. The summed E-state index contributed by atoms with van der Waals surface area (Å²) in [7, 11) is 0. The van der Waals surface area contributed by atoms with Gasteiger partial charge in [-0.25, -0.2) is 9.69 Å². The lowest BCUT2D eigenvalue weighted by atomic mass is 10.1. The summed E-state index contributed by atoms with van der Waals surface area (Å²) in [6, 6.07) is 6.37. The zero-order valence-electron chi connectivity index (χ0n) is 16.0. The maximum absolute atomic E-state index is 12.7. The van der Waals surface area contributed by atoms with Gasteiger partial charge in [0.05, 0.1) is 16.7 Å². The second-order valence-corrected chi connectivity index (χ2v) is 7.72. The first-order valence-electron chi connectivity index (χ1n) is 8.28. The molecule has 1 aromatic carbocycles. The zero-order valence-corrected chi connectivity index (χ0v) is 16.8. The number of nitrogens with one attached hydrogen (secondary N) is 1. The van der Waals surface area contributed by atoms with E-state index in [4.69, 9.17) is 4.74 Å². The quantitative estimate of drug-likeness (QED) is 0.450. The first-order valence-corrected chi connectivity index (χ1v) is 8.28. The van der Waals surface area contributed by atoms with Crippen molar-refractivity contribution in [3.63, 3.8) is 0 Å². The fraction of sp³-hybridized carbons (Fsp3) is 0.421. The smallest absolute Gasteiger partial charge is 0.357 e. The van der Waals surface area contributed by atoms with E-state index in [9.17, 15) is 19.5 Å². The summed E-state index contributed by atoms with van der Waals surface area (Å²) in [5.41, 5.74) is -1.61. The van der Waals surface area contributed by atoms with Crippen molar-refractivity contribution in [2.75, 3.05) is 6.54 Å². The van der Waals surface area contributed by atoms with Crippen LogP contribution in [0.15, 0.2) is 36.2 Å². The standard InChI is InChI=1S/C19H24N2O5.ClH/c1-18(2,3)26-17(24)14(10-20-11-19(4,5)25)21-15(22)12-8-6-7-9-13(12)16(21)23;/h6-10,20,25H,11H2,1-5H3;1H/b14-10+;. The fourth-order valence-corrected chi connectivity index (χ4v) is 2.35. The van der Waals surface area contributed by atoms with E-state index in [1.807, 2.05) is 0 Å². The average molecular weight is 397 g/mol. The highest BCUT2D eigenvalue weighted by Gasteiger charge is 2.41. The minimum atomic E-state index is -1.04. The number of halogens is 1. The maximum atomic E-state index is 12.7. The Hall–Kier alpha value is -2.38. The largest absolute Gasteiger partial charge is 0.455 e. The number of hydrogen-bond acceptors (Lipinski definition) is 6. The summed E-state index contributed by atoms with van der Waals surface area (Å²) in [6.45, 7) is 8.36. The molecule has 2 rings (SSSR count). The van der Waals surface area contributed by atoms with Gasteiger partial charge in [0.2, 0.25) is 0 Å². The van der Waals surface area contributed by atoms with E-state index < -0.39 is 29.0 Å². The third kappa shape index (κ3) is 5.55. The second kappa shape index (κ2) is 8.10. The lowest BCUT2D eigenvalue weighted by Crippen LogP contribution is -2.39. The van der Waals surface area contributed by atoms with E-state index in [1.54, 1.807) is 46.8 Å². The SMILES string of the molecule is CC(C)(O)CN/C=C(\C(=O)OC(C)(C)C)N1C(=O)c2ccccc2C1=O.Cl. The highest BCUT2D eigenvalue weighted by Crippen LogP contribution is 2.27. The first kappa shape index (κ1) is 22.7. The van der Waals surface area contributed by atoms with Crippen molar-refractivity contribution >= 4 is 30.2 Å². The number of fused-ring (bicyclic) bond motifs is 1. The van der Waals surface area contributed by atoms with Crippen LogP contribution in [-0.4, -0.2) is 45.5 Å². The fourth-order valence-electron chi connectivity index (χ4n) is 2.35. The van der Waals surface area contributed by atoms with Crippen molar-refractivity contribution in [3.8, 4) is 0 Å². The van der Waals surface area contributed by atoms with Crippen LogP contribution in [0, 0.1) is 0 Å². The van der Waals surface area contributed by atoms with Gasteiger partial charge in [0.1, 0.15) is 5.60 Å². The minimum Gasteiger partial charge on any atom is -0.455 e. The molecule has 2 amide bonds. The third-order valence-corrected chi connectivity index (χ3v) is 3.42. The van der Waals surface area contributed by atoms with Crippen molar-refractivity contribution in [2.45, 2.75) is 45.8 Å². The van der Waals surface area contributed by atoms with Crippen molar-refractivity contribution in [3.05, 3.63) is 47.3 Å². The van der Waals surface area contributed by atoms with Crippen LogP contribution in [0.3, 0.4) is 0 Å². The third-order valence-electron chi connectivity index (χ3n) is 3.42. The molecule has 8 heteroatoms. The molecule has 1 aliphatic heterocycles. The molecule has 0 unspecified atom stereocenters. The van der Waals surface area contributed by atoms with Crippen LogP contribution in [0.2, 0.25) is 0 Å². The summed E-state index contributed by atoms with van der Waals surface area (Å²) >= 11 is 0. The van der Waals surface area contributed by atoms with Crippen LogP contribution >= 0.6 is 12.4 Å². The number of carbonyl (C=O) groups is 3. The Morgan fingerprint density at radius 1 is 1.11 bits per heavy atom. The van der Waals surface area contributed by atoms with Crippen LogP contribution in [-0.2, 0) is 9.53 Å². The van der Waals surface area contributed by atoms with E-state index in [-0.39, 0.29) is 35.8 Å². The molecule has 0 fully saturated rings. The number of aliphatic hydroxyl groups is 1. The lowest BCUT2D eigenvalue weighted by Gasteiger charge is -2.24. The molecule has 0 saturated carbocycles. The molecule has 0 bridgehead atoms. The molecule has 0 atom stereocenters. The highest BCUT2D eigenvalue weighted by molar-refractivity contribution is 6.24. The van der Waals surface area contributed by atoms with Gasteiger partial charge in [-0.15, -0.1) is 12.4 Å². The summed E-state index contributed by atoms with van der Waals surface area (Å²) in [4.78, 5) is 38.7. The lowest BCUT2D eigenvalue weighted by molar-refractivity contribution is -0.151. The maximum Gasteiger partial charge on any atom is 0.357 e. The van der Waals surface area contributed by atoms with Crippen molar-refractivity contribution in [1.29, 1.82) is 0 Å². The second-order valence-electron chi connectivity index (χ2n) is 7.72. The van der Waals surface area contributed by atoms with Crippen molar-refractivity contribution < 1.29 is 24.2 Å². The van der Waals surface area contributed by atoms with Gasteiger partial charge in [0, 0.05) is 12.7 Å². The first-order chi connectivity index (χ1) is 11.9. The summed E-state index contributed by atoms with van der Waals surface area (Å²) in [6.07, 6.45) is 1.23. The molecule has 1 aromatic rings. The monoisotopic (exact) mass is 396 g/mol. The molecule has 7 nitrogen and oxygen atoms in total. The Labute approximate surface area is 164 Å². The Morgan fingerprint density at radius 2 is 1.59 bits per heavy atom. The van der Waals surface area contributed by atoms with Gasteiger partial charge in [-0.2, -0.15) is 0 Å². The Bertz CT molecular complexity index is 740. The van der Waals surface area contributed by atoms with Gasteiger partial charge in [-0.1, -0.05) is 12.1 Å². The number of hydrogen-bond donors (Lipinski definition) is 2. The van der Waals surface area contributed by atoms with Crippen LogP contribution < -0.4 is 5.32 Å². The van der Waals surface area contributed by atoms with Gasteiger partial charge in [0.25, 0.3) is 11.8 Å². The normalized spacial score (nSPS) is 14.6. The molecule has 0 saturated heterocycles.